The van der Waals surface area contributed by atoms with E-state index in [0.29, 0.717) is 23.6 Å². The van der Waals surface area contributed by atoms with Crippen molar-refractivity contribution in [3.05, 3.63) is 66.2 Å². The number of aromatic nitrogens is 2. The number of benzene rings is 2. The number of carbonyl (C=O) groups excluding carboxylic acids is 1. The first kappa shape index (κ1) is 22.7. The van der Waals surface area contributed by atoms with Crippen LogP contribution in [-0.4, -0.2) is 64.0 Å². The van der Waals surface area contributed by atoms with Crippen LogP contribution in [0.1, 0.15) is 49.8 Å². The van der Waals surface area contributed by atoms with Crippen LogP contribution in [0, 0.1) is 11.7 Å². The van der Waals surface area contributed by atoms with E-state index in [4.69, 9.17) is 0 Å². The summed E-state index contributed by atoms with van der Waals surface area (Å²) in [6.45, 7) is 2.67. The molecule has 2 bridgehead atoms. The summed E-state index contributed by atoms with van der Waals surface area (Å²) in [6.07, 6.45) is 7.28. The molecule has 0 unspecified atom stereocenters. The zero-order chi connectivity index (χ0) is 23.9. The zero-order valence-corrected chi connectivity index (χ0v) is 20.3. The van der Waals surface area contributed by atoms with Crippen LogP contribution in [0.4, 0.5) is 4.39 Å². The Morgan fingerprint density at radius 2 is 1.80 bits per heavy atom. The summed E-state index contributed by atoms with van der Waals surface area (Å²) in [6, 6.07) is 17.1. The molecule has 6 rings (SSSR count). The maximum absolute atomic E-state index is 14.2. The Morgan fingerprint density at radius 3 is 2.51 bits per heavy atom. The van der Waals surface area contributed by atoms with Gasteiger partial charge in [-0.3, -0.25) is 9.69 Å². The molecular weight excluding hydrogens is 441 g/mol. The Balaban J connectivity index is 1.13. The minimum absolute atomic E-state index is 0.0345. The predicted molar refractivity (Wildman–Crippen MR) is 134 cm³/mol. The van der Waals surface area contributed by atoms with Crippen LogP contribution in [0.5, 0.6) is 0 Å². The van der Waals surface area contributed by atoms with E-state index in [1.54, 1.807) is 6.07 Å². The standard InChI is InChI=1S/C28H34FN5O/c1-32-16-20(17-32)28(35)31-25(19-6-3-2-4-7-19)12-13-33-21-10-11-22(33)15-23(14-21)34-18-30-27-24(29)8-5-9-26(27)34/h2-9,18,20-23,25H,10-17H2,1H3,(H,31,35)/t21-,22+,23-,25-/m0/s1. The monoisotopic (exact) mass is 475 g/mol. The maximum atomic E-state index is 14.2. The van der Waals surface area contributed by atoms with Crippen LogP contribution in [0.3, 0.4) is 0 Å². The fourth-order valence-electron chi connectivity index (χ4n) is 6.59. The Hall–Kier alpha value is -2.77. The van der Waals surface area contributed by atoms with Gasteiger partial charge in [0, 0.05) is 37.8 Å². The van der Waals surface area contributed by atoms with Gasteiger partial charge in [-0.05, 0) is 56.8 Å². The number of nitrogens with zero attached hydrogens (tertiary/aromatic N) is 4. The van der Waals surface area contributed by atoms with Gasteiger partial charge in [0.2, 0.25) is 5.91 Å². The number of carbonyl (C=O) groups is 1. The topological polar surface area (TPSA) is 53.4 Å². The molecule has 0 aliphatic carbocycles. The van der Waals surface area contributed by atoms with E-state index in [1.165, 1.54) is 24.5 Å². The number of amides is 1. The highest BCUT2D eigenvalue weighted by atomic mass is 19.1. The molecule has 1 aromatic heterocycles. The molecule has 0 saturated carbocycles. The summed E-state index contributed by atoms with van der Waals surface area (Å²) in [5, 5.41) is 3.36. The van der Waals surface area contributed by atoms with Gasteiger partial charge in [-0.1, -0.05) is 36.4 Å². The van der Waals surface area contributed by atoms with E-state index in [1.807, 2.05) is 18.5 Å². The molecule has 4 heterocycles. The van der Waals surface area contributed by atoms with Crippen LogP contribution >= 0.6 is 0 Å². The SMILES string of the molecule is CN1CC(C(=O)N[C@@H](CCN2[C@@H]3CC[C@H]2C[C@H](n2cnc4c(F)cccc42)C3)c2ccccc2)C1. The van der Waals surface area contributed by atoms with Crippen molar-refractivity contribution >= 4 is 16.9 Å². The summed E-state index contributed by atoms with van der Waals surface area (Å²) in [7, 11) is 2.06. The highest BCUT2D eigenvalue weighted by molar-refractivity contribution is 5.80. The van der Waals surface area contributed by atoms with Crippen molar-refractivity contribution in [1.82, 2.24) is 24.7 Å². The van der Waals surface area contributed by atoms with Gasteiger partial charge >= 0.3 is 0 Å². The number of fused-ring (bicyclic) bond motifs is 3. The van der Waals surface area contributed by atoms with Gasteiger partial charge in [-0.25, -0.2) is 9.37 Å². The average molecular weight is 476 g/mol. The van der Waals surface area contributed by atoms with Crippen LogP contribution < -0.4 is 5.32 Å². The van der Waals surface area contributed by atoms with Gasteiger partial charge in [0.15, 0.2) is 5.82 Å². The molecule has 1 N–H and O–H groups in total. The highest BCUT2D eigenvalue weighted by Gasteiger charge is 2.41. The van der Waals surface area contributed by atoms with Crippen molar-refractivity contribution in [3.8, 4) is 0 Å². The summed E-state index contributed by atoms with van der Waals surface area (Å²) in [4.78, 5) is 22.1. The molecule has 2 aromatic carbocycles. The molecule has 35 heavy (non-hydrogen) atoms. The second kappa shape index (κ2) is 9.36. The van der Waals surface area contributed by atoms with Crippen LogP contribution in [0.2, 0.25) is 0 Å². The Bertz CT molecular complexity index is 1180. The molecule has 0 spiro atoms. The van der Waals surface area contributed by atoms with Crippen molar-refractivity contribution in [1.29, 1.82) is 0 Å². The Morgan fingerprint density at radius 1 is 1.06 bits per heavy atom. The number of para-hydroxylation sites is 1. The number of hydrogen-bond acceptors (Lipinski definition) is 4. The number of rotatable bonds is 7. The quantitative estimate of drug-likeness (QED) is 0.558. The number of hydrogen-bond donors (Lipinski definition) is 1. The van der Waals surface area contributed by atoms with Gasteiger partial charge in [0.25, 0.3) is 0 Å². The minimum atomic E-state index is -0.246. The molecule has 3 aliphatic heterocycles. The van der Waals surface area contributed by atoms with Gasteiger partial charge in [0.05, 0.1) is 23.8 Å². The number of imidazole rings is 1. The molecular formula is C28H34FN5O. The van der Waals surface area contributed by atoms with Crippen molar-refractivity contribution < 1.29 is 9.18 Å². The highest BCUT2D eigenvalue weighted by Crippen LogP contribution is 2.42. The van der Waals surface area contributed by atoms with Gasteiger partial charge in [-0.2, -0.15) is 0 Å². The first-order chi connectivity index (χ1) is 17.1. The molecule has 184 valence electrons. The number of likely N-dealkylation sites (tertiary alicyclic amines) is 1. The van der Waals surface area contributed by atoms with Gasteiger partial charge in [-0.15, -0.1) is 0 Å². The van der Waals surface area contributed by atoms with E-state index in [2.05, 4.69) is 56.0 Å². The van der Waals surface area contributed by atoms with Crippen LogP contribution in [-0.2, 0) is 4.79 Å². The molecule has 7 heteroatoms. The maximum Gasteiger partial charge on any atom is 0.226 e. The van der Waals surface area contributed by atoms with E-state index in [9.17, 15) is 9.18 Å². The predicted octanol–water partition coefficient (Wildman–Crippen LogP) is 4.15. The molecule has 0 radical (unpaired) electrons. The fourth-order valence-corrected chi connectivity index (χ4v) is 6.59. The zero-order valence-electron chi connectivity index (χ0n) is 20.3. The van der Waals surface area contributed by atoms with Gasteiger partial charge < -0.3 is 14.8 Å². The summed E-state index contributed by atoms with van der Waals surface area (Å²) in [5.74, 6) is 0.0371. The average Bonchev–Trinajstić information content (AvgIpc) is 3.38. The summed E-state index contributed by atoms with van der Waals surface area (Å²) < 4.78 is 16.4. The third-order valence-corrected chi connectivity index (χ3v) is 8.44. The van der Waals surface area contributed by atoms with E-state index in [0.717, 1.165) is 44.4 Å². The second-order valence-electron chi connectivity index (χ2n) is 10.7. The Labute approximate surface area is 206 Å². The van der Waals surface area contributed by atoms with E-state index < -0.39 is 0 Å². The normalized spacial score (nSPS) is 26.1. The minimum Gasteiger partial charge on any atom is -0.349 e. The lowest BCUT2D eigenvalue weighted by Gasteiger charge is -2.40. The smallest absolute Gasteiger partial charge is 0.226 e. The first-order valence-corrected chi connectivity index (χ1v) is 13.0. The molecule has 6 nitrogen and oxygen atoms in total. The first-order valence-electron chi connectivity index (χ1n) is 13.0. The summed E-state index contributed by atoms with van der Waals surface area (Å²) >= 11 is 0. The van der Waals surface area contributed by atoms with Crippen molar-refractivity contribution in [2.75, 3.05) is 26.7 Å². The van der Waals surface area contributed by atoms with Crippen LogP contribution in [0.15, 0.2) is 54.9 Å². The number of nitrogens with one attached hydrogen (secondary N) is 1. The van der Waals surface area contributed by atoms with Gasteiger partial charge in [0.1, 0.15) is 5.52 Å². The second-order valence-corrected chi connectivity index (χ2v) is 10.7. The largest absolute Gasteiger partial charge is 0.349 e. The summed E-state index contributed by atoms with van der Waals surface area (Å²) in [5.41, 5.74) is 2.56. The Kier molecular flexibility index (Phi) is 6.06. The third kappa shape index (κ3) is 4.36. The molecule has 3 saturated heterocycles. The molecule has 1 amide bonds. The number of piperidine rings is 1. The lowest BCUT2D eigenvalue weighted by atomic mass is 9.94. The van der Waals surface area contributed by atoms with E-state index in [-0.39, 0.29) is 23.7 Å². The van der Waals surface area contributed by atoms with Crippen molar-refractivity contribution in [3.63, 3.8) is 0 Å². The number of halogens is 1. The molecule has 4 atom stereocenters. The fraction of sp³-hybridized carbons (Fsp3) is 0.500. The third-order valence-electron chi connectivity index (χ3n) is 8.44. The lowest BCUT2D eigenvalue weighted by Crippen LogP contribution is -2.52. The van der Waals surface area contributed by atoms with Crippen LogP contribution in [0.25, 0.3) is 11.0 Å². The van der Waals surface area contributed by atoms with Crippen molar-refractivity contribution in [2.24, 2.45) is 5.92 Å². The molecule has 3 fully saturated rings. The molecule has 3 aromatic rings. The van der Waals surface area contributed by atoms with E-state index >= 15 is 0 Å². The molecule has 3 aliphatic rings. The lowest BCUT2D eigenvalue weighted by molar-refractivity contribution is -0.130. The van der Waals surface area contributed by atoms with Crippen molar-refractivity contribution in [2.45, 2.75) is 56.3 Å².